The summed E-state index contributed by atoms with van der Waals surface area (Å²) in [7, 11) is 0. The summed E-state index contributed by atoms with van der Waals surface area (Å²) in [6.07, 6.45) is 4.17. The van der Waals surface area contributed by atoms with Crippen molar-refractivity contribution in [3.8, 4) is 0 Å². The molecule has 2 aliphatic carbocycles. The van der Waals surface area contributed by atoms with Crippen molar-refractivity contribution in [3.63, 3.8) is 0 Å². The Bertz CT molecular complexity index is 248. The van der Waals surface area contributed by atoms with E-state index in [0.29, 0.717) is 16.2 Å². The smallest absolute Gasteiger partial charge is 0.0118 e. The van der Waals surface area contributed by atoms with Gasteiger partial charge in [-0.2, -0.15) is 0 Å². The van der Waals surface area contributed by atoms with Crippen molar-refractivity contribution < 1.29 is 0 Å². The minimum Gasteiger partial charge on any atom is -0.313 e. The van der Waals surface area contributed by atoms with Gasteiger partial charge in [0.2, 0.25) is 0 Å². The molecule has 1 atom stereocenters. The van der Waals surface area contributed by atoms with Crippen LogP contribution in [0, 0.1) is 22.2 Å². The maximum Gasteiger partial charge on any atom is 0.0118 e. The van der Waals surface area contributed by atoms with E-state index in [2.05, 4.69) is 46.9 Å². The van der Waals surface area contributed by atoms with Crippen LogP contribution >= 0.6 is 0 Å². The highest BCUT2D eigenvalue weighted by atomic mass is 15.0. The van der Waals surface area contributed by atoms with Crippen LogP contribution in [0.4, 0.5) is 0 Å². The summed E-state index contributed by atoms with van der Waals surface area (Å²) in [5.41, 5.74) is 1.58. The van der Waals surface area contributed by atoms with Gasteiger partial charge in [-0.05, 0) is 41.5 Å². The zero-order valence-electron chi connectivity index (χ0n) is 12.0. The quantitative estimate of drug-likeness (QED) is 0.766. The van der Waals surface area contributed by atoms with E-state index in [-0.39, 0.29) is 0 Å². The zero-order chi connectivity index (χ0) is 12.2. The molecule has 0 heterocycles. The lowest BCUT2D eigenvalue weighted by Gasteiger charge is -2.28. The average Bonchev–Trinajstić information content (AvgIpc) is 2.41. The normalized spacial score (nSPS) is 35.2. The van der Waals surface area contributed by atoms with E-state index in [4.69, 9.17) is 0 Å². The Hall–Kier alpha value is -0.0400. The second-order valence-corrected chi connectivity index (χ2v) is 7.84. The Morgan fingerprint density at radius 2 is 1.56 bits per heavy atom. The molecule has 0 aromatic rings. The van der Waals surface area contributed by atoms with Gasteiger partial charge in [-0.25, -0.2) is 0 Å². The summed E-state index contributed by atoms with van der Waals surface area (Å²) in [5, 5.41) is 3.85. The van der Waals surface area contributed by atoms with Crippen LogP contribution in [0.5, 0.6) is 0 Å². The molecule has 1 heteroatoms. The molecule has 16 heavy (non-hydrogen) atoms. The van der Waals surface area contributed by atoms with Gasteiger partial charge in [0.05, 0.1) is 0 Å². The van der Waals surface area contributed by atoms with Gasteiger partial charge >= 0.3 is 0 Å². The molecule has 1 nitrogen and oxygen atoms in total. The predicted molar refractivity (Wildman–Crippen MR) is 70.5 cm³/mol. The SMILES string of the molecule is CC1(C)CCCC1NCC1C(C)(C)C1(C)C. The summed E-state index contributed by atoms with van der Waals surface area (Å²) in [4.78, 5) is 0. The highest BCUT2D eigenvalue weighted by molar-refractivity contribution is 5.13. The van der Waals surface area contributed by atoms with E-state index in [0.717, 1.165) is 12.0 Å². The zero-order valence-corrected chi connectivity index (χ0v) is 12.0. The third-order valence-corrected chi connectivity index (χ3v) is 6.15. The minimum atomic E-state index is 0.517. The predicted octanol–water partition coefficient (Wildman–Crippen LogP) is 3.84. The molecular formula is C15H29N. The van der Waals surface area contributed by atoms with E-state index >= 15 is 0 Å². The van der Waals surface area contributed by atoms with E-state index < -0.39 is 0 Å². The molecule has 0 amide bonds. The Kier molecular flexibility index (Phi) is 2.70. The molecular weight excluding hydrogens is 194 g/mol. The van der Waals surface area contributed by atoms with Crippen molar-refractivity contribution in [2.75, 3.05) is 6.54 Å². The lowest BCUT2D eigenvalue weighted by atomic mass is 9.87. The first kappa shape index (κ1) is 12.4. The van der Waals surface area contributed by atoms with Crippen LogP contribution in [0.1, 0.15) is 60.8 Å². The van der Waals surface area contributed by atoms with Gasteiger partial charge in [0.25, 0.3) is 0 Å². The molecule has 2 aliphatic rings. The second kappa shape index (κ2) is 3.48. The first-order chi connectivity index (χ1) is 7.19. The maximum atomic E-state index is 3.85. The summed E-state index contributed by atoms with van der Waals surface area (Å²) >= 11 is 0. The number of nitrogens with one attached hydrogen (secondary N) is 1. The highest BCUT2D eigenvalue weighted by Crippen LogP contribution is 2.68. The van der Waals surface area contributed by atoms with Crippen LogP contribution in [-0.4, -0.2) is 12.6 Å². The molecule has 0 spiro atoms. The number of hydrogen-bond acceptors (Lipinski definition) is 1. The van der Waals surface area contributed by atoms with Crippen molar-refractivity contribution in [2.24, 2.45) is 22.2 Å². The first-order valence-corrected chi connectivity index (χ1v) is 6.93. The molecule has 94 valence electrons. The van der Waals surface area contributed by atoms with Gasteiger partial charge in [-0.15, -0.1) is 0 Å². The lowest BCUT2D eigenvalue weighted by Crippen LogP contribution is -2.39. The average molecular weight is 223 g/mol. The van der Waals surface area contributed by atoms with Crippen LogP contribution in [0.2, 0.25) is 0 Å². The number of rotatable bonds is 3. The summed E-state index contributed by atoms with van der Waals surface area (Å²) in [6.45, 7) is 15.7. The molecule has 2 saturated carbocycles. The van der Waals surface area contributed by atoms with Crippen molar-refractivity contribution in [3.05, 3.63) is 0 Å². The highest BCUT2D eigenvalue weighted by Gasteiger charge is 2.64. The molecule has 1 unspecified atom stereocenters. The largest absolute Gasteiger partial charge is 0.313 e. The van der Waals surface area contributed by atoms with Crippen molar-refractivity contribution >= 4 is 0 Å². The molecule has 0 aromatic heterocycles. The Labute approximate surface area is 101 Å². The van der Waals surface area contributed by atoms with Gasteiger partial charge < -0.3 is 5.32 Å². The number of hydrogen-bond donors (Lipinski definition) is 1. The van der Waals surface area contributed by atoms with Gasteiger partial charge in [-0.1, -0.05) is 48.0 Å². The molecule has 1 N–H and O–H groups in total. The van der Waals surface area contributed by atoms with Crippen molar-refractivity contribution in [2.45, 2.75) is 66.8 Å². The standard InChI is InChI=1S/C15H29N/c1-13(2)9-7-8-12(13)16-10-11-14(3,4)15(11,5)6/h11-12,16H,7-10H2,1-6H3. The van der Waals surface area contributed by atoms with Gasteiger partial charge in [0, 0.05) is 6.04 Å². The van der Waals surface area contributed by atoms with Gasteiger partial charge in [0.1, 0.15) is 0 Å². The molecule has 0 saturated heterocycles. The van der Waals surface area contributed by atoms with E-state index in [1.54, 1.807) is 0 Å². The van der Waals surface area contributed by atoms with E-state index in [9.17, 15) is 0 Å². The van der Waals surface area contributed by atoms with Crippen LogP contribution in [0.15, 0.2) is 0 Å². The fourth-order valence-electron chi connectivity index (χ4n) is 3.81. The summed E-state index contributed by atoms with van der Waals surface area (Å²) in [6, 6.07) is 0.750. The van der Waals surface area contributed by atoms with Crippen LogP contribution in [-0.2, 0) is 0 Å². The molecule has 0 aromatic carbocycles. The minimum absolute atomic E-state index is 0.517. The molecule has 0 radical (unpaired) electrons. The van der Waals surface area contributed by atoms with Crippen LogP contribution in [0.3, 0.4) is 0 Å². The van der Waals surface area contributed by atoms with Crippen LogP contribution < -0.4 is 5.32 Å². The second-order valence-electron chi connectivity index (χ2n) is 7.84. The Balaban J connectivity index is 1.86. The maximum absolute atomic E-state index is 3.85. The summed E-state index contributed by atoms with van der Waals surface area (Å²) < 4.78 is 0. The molecule has 2 rings (SSSR count). The van der Waals surface area contributed by atoms with Gasteiger partial charge in [0.15, 0.2) is 0 Å². The molecule has 0 aliphatic heterocycles. The fourth-order valence-corrected chi connectivity index (χ4v) is 3.81. The Morgan fingerprint density at radius 3 is 1.94 bits per heavy atom. The third-order valence-electron chi connectivity index (χ3n) is 6.15. The molecule has 2 fully saturated rings. The monoisotopic (exact) mass is 223 g/mol. The van der Waals surface area contributed by atoms with Crippen LogP contribution in [0.25, 0.3) is 0 Å². The van der Waals surface area contributed by atoms with E-state index in [1.165, 1.54) is 25.8 Å². The van der Waals surface area contributed by atoms with E-state index in [1.807, 2.05) is 0 Å². The first-order valence-electron chi connectivity index (χ1n) is 6.93. The third kappa shape index (κ3) is 1.72. The summed E-state index contributed by atoms with van der Waals surface area (Å²) in [5.74, 6) is 0.858. The van der Waals surface area contributed by atoms with Gasteiger partial charge in [-0.3, -0.25) is 0 Å². The van der Waals surface area contributed by atoms with Crippen molar-refractivity contribution in [1.82, 2.24) is 5.32 Å². The lowest BCUT2D eigenvalue weighted by molar-refractivity contribution is 0.276. The molecule has 0 bridgehead atoms. The fraction of sp³-hybridized carbons (Fsp3) is 1.00. The Morgan fingerprint density at radius 1 is 1.00 bits per heavy atom. The topological polar surface area (TPSA) is 12.0 Å². The van der Waals surface area contributed by atoms with Crippen molar-refractivity contribution in [1.29, 1.82) is 0 Å².